The fourth-order valence-electron chi connectivity index (χ4n) is 4.87. The van der Waals surface area contributed by atoms with Crippen LogP contribution in [0.2, 0.25) is 0 Å². The molecule has 0 atom stereocenters. The summed E-state index contributed by atoms with van der Waals surface area (Å²) in [4.78, 5) is 21.7. The van der Waals surface area contributed by atoms with Crippen molar-refractivity contribution in [3.05, 3.63) is 71.6 Å². The molecule has 0 bridgehead atoms. The summed E-state index contributed by atoms with van der Waals surface area (Å²) < 4.78 is 29.2. The zero-order valence-electron chi connectivity index (χ0n) is 18.4. The van der Waals surface area contributed by atoms with Crippen molar-refractivity contribution < 1.29 is 13.6 Å². The molecular formula is C26H23F2N5O. The van der Waals surface area contributed by atoms with Crippen molar-refractivity contribution in [2.45, 2.75) is 6.42 Å². The molecule has 2 aromatic heterocycles. The number of anilines is 1. The molecule has 1 amide bonds. The number of nitrogens with zero attached hydrogens (tertiary/aromatic N) is 2. The van der Waals surface area contributed by atoms with Crippen LogP contribution in [0.5, 0.6) is 0 Å². The fourth-order valence-corrected chi connectivity index (χ4v) is 4.87. The number of fused-ring (bicyclic) bond motifs is 2. The Morgan fingerprint density at radius 3 is 2.62 bits per heavy atom. The van der Waals surface area contributed by atoms with Gasteiger partial charge in [-0.15, -0.1) is 0 Å². The van der Waals surface area contributed by atoms with Crippen LogP contribution in [0.1, 0.15) is 15.9 Å². The van der Waals surface area contributed by atoms with Crippen molar-refractivity contribution in [2.75, 3.05) is 37.6 Å². The number of carbonyl (C=O) groups excluding carboxylic acids is 1. The minimum atomic E-state index is -0.867. The highest BCUT2D eigenvalue weighted by molar-refractivity contribution is 5.99. The number of hydrogen-bond donors (Lipinski definition) is 3. The Kier molecular flexibility index (Phi) is 5.03. The lowest BCUT2D eigenvalue weighted by Gasteiger charge is -2.30. The lowest BCUT2D eigenvalue weighted by atomic mass is 9.94. The van der Waals surface area contributed by atoms with Gasteiger partial charge in [0, 0.05) is 67.2 Å². The van der Waals surface area contributed by atoms with E-state index in [-0.39, 0.29) is 11.6 Å². The summed E-state index contributed by atoms with van der Waals surface area (Å²) in [5.74, 6) is -1.73. The molecule has 3 N–H and O–H groups in total. The second-order valence-corrected chi connectivity index (χ2v) is 8.73. The SMILES string of the molecule is O=C1NCCc2cc(-c3c[nH]c4ncc(-c5cc(F)c(F)c(N6CCNCC6)c5)cc34)ccc21. The quantitative estimate of drug-likeness (QED) is 0.435. The van der Waals surface area contributed by atoms with Crippen LogP contribution in [0.4, 0.5) is 14.5 Å². The van der Waals surface area contributed by atoms with Gasteiger partial charge in [0.25, 0.3) is 5.91 Å². The Morgan fingerprint density at radius 2 is 1.76 bits per heavy atom. The molecule has 8 heteroatoms. The summed E-state index contributed by atoms with van der Waals surface area (Å²) in [5.41, 5.74) is 5.92. The number of carbonyl (C=O) groups is 1. The van der Waals surface area contributed by atoms with E-state index >= 15 is 0 Å². The first-order valence-corrected chi connectivity index (χ1v) is 11.4. The summed E-state index contributed by atoms with van der Waals surface area (Å²) in [6, 6.07) is 10.7. The molecule has 2 aromatic carbocycles. The third-order valence-corrected chi connectivity index (χ3v) is 6.67. The maximum atomic E-state index is 14.7. The maximum absolute atomic E-state index is 14.7. The van der Waals surface area contributed by atoms with E-state index in [2.05, 4.69) is 20.6 Å². The van der Waals surface area contributed by atoms with Gasteiger partial charge in [0.15, 0.2) is 11.6 Å². The van der Waals surface area contributed by atoms with Gasteiger partial charge in [-0.25, -0.2) is 13.8 Å². The summed E-state index contributed by atoms with van der Waals surface area (Å²) in [7, 11) is 0. The molecule has 0 aliphatic carbocycles. The Bertz CT molecular complexity index is 1420. The topological polar surface area (TPSA) is 73.0 Å². The highest BCUT2D eigenvalue weighted by atomic mass is 19.2. The van der Waals surface area contributed by atoms with Crippen LogP contribution in [-0.2, 0) is 6.42 Å². The predicted molar refractivity (Wildman–Crippen MR) is 128 cm³/mol. The molecule has 2 aliphatic heterocycles. The first kappa shape index (κ1) is 20.8. The third-order valence-electron chi connectivity index (χ3n) is 6.67. The Hall–Kier alpha value is -3.78. The minimum Gasteiger partial charge on any atom is -0.367 e. The van der Waals surface area contributed by atoms with Gasteiger partial charge in [0.05, 0.1) is 5.69 Å². The highest BCUT2D eigenvalue weighted by Crippen LogP contribution is 2.35. The molecule has 4 heterocycles. The summed E-state index contributed by atoms with van der Waals surface area (Å²) in [6.45, 7) is 3.33. The van der Waals surface area contributed by atoms with Gasteiger partial charge >= 0.3 is 0 Å². The van der Waals surface area contributed by atoms with Crippen LogP contribution >= 0.6 is 0 Å². The smallest absolute Gasteiger partial charge is 0.251 e. The molecule has 0 spiro atoms. The van der Waals surface area contributed by atoms with Gasteiger partial charge in [-0.2, -0.15) is 0 Å². The van der Waals surface area contributed by atoms with Gasteiger partial charge in [-0.1, -0.05) is 12.1 Å². The first-order chi connectivity index (χ1) is 16.6. The zero-order valence-corrected chi connectivity index (χ0v) is 18.4. The molecule has 6 rings (SSSR count). The van der Waals surface area contributed by atoms with Gasteiger partial charge in [-0.05, 0) is 47.4 Å². The maximum Gasteiger partial charge on any atom is 0.251 e. The fraction of sp³-hybridized carbons (Fsp3) is 0.231. The average molecular weight is 460 g/mol. The van der Waals surface area contributed by atoms with E-state index in [4.69, 9.17) is 0 Å². The second kappa shape index (κ2) is 8.22. The van der Waals surface area contributed by atoms with Crippen molar-refractivity contribution >= 4 is 22.6 Å². The van der Waals surface area contributed by atoms with Crippen LogP contribution in [0, 0.1) is 11.6 Å². The van der Waals surface area contributed by atoms with E-state index in [1.165, 1.54) is 6.07 Å². The van der Waals surface area contributed by atoms with Crippen molar-refractivity contribution in [3.63, 3.8) is 0 Å². The van der Waals surface area contributed by atoms with Gasteiger partial charge in [-0.3, -0.25) is 4.79 Å². The molecule has 0 unspecified atom stereocenters. The Morgan fingerprint density at radius 1 is 0.912 bits per heavy atom. The number of halogens is 2. The molecule has 2 aliphatic rings. The standard InChI is InChI=1S/C26H23F2N5O/c27-22-11-17(12-23(24(22)28)33-7-5-29-6-8-33)18-10-20-21(14-32-25(20)31-13-18)15-1-2-19-16(9-15)3-4-30-26(19)34/h1-2,9-14,29H,3-8H2,(H,30,34)(H,31,32). The lowest BCUT2D eigenvalue weighted by Crippen LogP contribution is -2.44. The monoisotopic (exact) mass is 459 g/mol. The second-order valence-electron chi connectivity index (χ2n) is 8.73. The van der Waals surface area contributed by atoms with E-state index in [1.54, 1.807) is 12.3 Å². The van der Waals surface area contributed by atoms with Crippen LogP contribution in [0.15, 0.2) is 48.8 Å². The third kappa shape index (κ3) is 3.51. The Balaban J connectivity index is 1.43. The molecule has 1 saturated heterocycles. The molecule has 0 radical (unpaired) electrons. The van der Waals surface area contributed by atoms with Gasteiger partial charge < -0.3 is 20.5 Å². The van der Waals surface area contributed by atoms with Crippen molar-refractivity contribution in [3.8, 4) is 22.3 Å². The number of amides is 1. The number of aromatic amines is 1. The number of aromatic nitrogens is 2. The van der Waals surface area contributed by atoms with Crippen molar-refractivity contribution in [2.24, 2.45) is 0 Å². The Labute approximate surface area is 195 Å². The zero-order chi connectivity index (χ0) is 23.2. The molecule has 34 heavy (non-hydrogen) atoms. The van der Waals surface area contributed by atoms with Gasteiger partial charge in [0.2, 0.25) is 0 Å². The average Bonchev–Trinajstić information content (AvgIpc) is 3.29. The number of rotatable bonds is 3. The molecule has 6 nitrogen and oxygen atoms in total. The number of H-pyrrole nitrogens is 1. The minimum absolute atomic E-state index is 0.0469. The van der Waals surface area contributed by atoms with Gasteiger partial charge in [0.1, 0.15) is 5.65 Å². The van der Waals surface area contributed by atoms with E-state index in [0.717, 1.165) is 41.6 Å². The van der Waals surface area contributed by atoms with E-state index in [0.29, 0.717) is 42.0 Å². The number of benzene rings is 2. The number of piperazine rings is 1. The number of pyridine rings is 1. The van der Waals surface area contributed by atoms with Crippen LogP contribution in [0.25, 0.3) is 33.3 Å². The molecule has 0 saturated carbocycles. The normalized spacial score (nSPS) is 15.9. The van der Waals surface area contributed by atoms with Crippen LogP contribution < -0.4 is 15.5 Å². The molecular weight excluding hydrogens is 436 g/mol. The van der Waals surface area contributed by atoms with Crippen molar-refractivity contribution in [1.29, 1.82) is 0 Å². The van der Waals surface area contributed by atoms with E-state index in [1.807, 2.05) is 35.4 Å². The summed E-state index contributed by atoms with van der Waals surface area (Å²) >= 11 is 0. The summed E-state index contributed by atoms with van der Waals surface area (Å²) in [6.07, 6.45) is 4.35. The molecule has 172 valence electrons. The molecule has 4 aromatic rings. The first-order valence-electron chi connectivity index (χ1n) is 11.4. The summed E-state index contributed by atoms with van der Waals surface area (Å²) in [5, 5.41) is 6.98. The number of nitrogens with one attached hydrogen (secondary N) is 3. The van der Waals surface area contributed by atoms with Crippen molar-refractivity contribution in [1.82, 2.24) is 20.6 Å². The molecule has 1 fully saturated rings. The van der Waals surface area contributed by atoms with Crippen LogP contribution in [-0.4, -0.2) is 48.6 Å². The lowest BCUT2D eigenvalue weighted by molar-refractivity contribution is 0.0946. The number of hydrogen-bond acceptors (Lipinski definition) is 4. The van der Waals surface area contributed by atoms with E-state index < -0.39 is 11.6 Å². The van der Waals surface area contributed by atoms with E-state index in [9.17, 15) is 13.6 Å². The largest absolute Gasteiger partial charge is 0.367 e. The predicted octanol–water partition coefficient (Wildman–Crippen LogP) is 3.87. The highest BCUT2D eigenvalue weighted by Gasteiger charge is 2.21. The van der Waals surface area contributed by atoms with Crippen LogP contribution in [0.3, 0.4) is 0 Å².